The highest BCUT2D eigenvalue weighted by atomic mass is 16.7. The Labute approximate surface area is 384 Å². The molecule has 0 aromatic heterocycles. The van der Waals surface area contributed by atoms with E-state index >= 15 is 0 Å². The van der Waals surface area contributed by atoms with Crippen LogP contribution in [0.25, 0.3) is 0 Å². The maximum absolute atomic E-state index is 12.8. The zero-order valence-corrected chi connectivity index (χ0v) is 40.4. The van der Waals surface area contributed by atoms with Gasteiger partial charge in [-0.3, -0.25) is 9.59 Å². The van der Waals surface area contributed by atoms with Gasteiger partial charge in [0.2, 0.25) is 0 Å². The van der Waals surface area contributed by atoms with Crippen molar-refractivity contribution in [2.75, 3.05) is 47.5 Å². The van der Waals surface area contributed by atoms with E-state index in [4.69, 9.17) is 18.9 Å². The van der Waals surface area contributed by atoms with E-state index in [1.807, 2.05) is 21.1 Å². The second kappa shape index (κ2) is 44.8. The Morgan fingerprint density at radius 3 is 1.35 bits per heavy atom. The highest BCUT2D eigenvalue weighted by Gasteiger charge is 2.21. The number of unbranched alkanes of at least 4 members (excludes halogenated alkanes) is 12. The summed E-state index contributed by atoms with van der Waals surface area (Å²) in [6, 6.07) is 0. The van der Waals surface area contributed by atoms with Gasteiger partial charge in [-0.25, -0.2) is 0 Å². The number of carbonyl (C=O) groups excluding carboxylic acids is 3. The number of hydrogen-bond donors (Lipinski definition) is 0. The topological polar surface area (TPSA) is 111 Å². The van der Waals surface area contributed by atoms with Gasteiger partial charge in [0.05, 0.1) is 40.3 Å². The van der Waals surface area contributed by atoms with Crippen molar-refractivity contribution in [3.63, 3.8) is 0 Å². The summed E-state index contributed by atoms with van der Waals surface area (Å²) in [5, 5.41) is 11.7. The summed E-state index contributed by atoms with van der Waals surface area (Å²) in [6.45, 7) is 4.53. The normalized spacial score (nSPS) is 13.7. The smallest absolute Gasteiger partial charge is 0.306 e. The van der Waals surface area contributed by atoms with Gasteiger partial charge in [-0.1, -0.05) is 156 Å². The van der Waals surface area contributed by atoms with E-state index in [-0.39, 0.29) is 38.6 Å². The molecule has 0 aliphatic rings. The molecule has 0 aromatic rings. The first kappa shape index (κ1) is 59.2. The molecule has 0 amide bonds. The minimum Gasteiger partial charge on any atom is -0.545 e. The Hall–Kier alpha value is -3.79. The number of carboxylic acids is 1. The van der Waals surface area contributed by atoms with Crippen LogP contribution in [0.15, 0.2) is 97.2 Å². The van der Waals surface area contributed by atoms with E-state index < -0.39 is 24.3 Å². The summed E-state index contributed by atoms with van der Waals surface area (Å²) < 4.78 is 22.5. The van der Waals surface area contributed by atoms with E-state index in [9.17, 15) is 19.5 Å². The summed E-state index contributed by atoms with van der Waals surface area (Å²) in [5.74, 6) is -2.35. The fourth-order valence-corrected chi connectivity index (χ4v) is 6.04. The van der Waals surface area contributed by atoms with Gasteiger partial charge in [-0.15, -0.1) is 0 Å². The minimum absolute atomic E-state index is 0.134. The third kappa shape index (κ3) is 46.0. The van der Waals surface area contributed by atoms with Crippen molar-refractivity contribution in [3.05, 3.63) is 97.2 Å². The lowest BCUT2D eigenvalue weighted by Crippen LogP contribution is -2.44. The molecule has 0 radical (unpaired) electrons. The number of ether oxygens (including phenoxy) is 4. The van der Waals surface area contributed by atoms with Gasteiger partial charge < -0.3 is 33.3 Å². The molecule has 0 fully saturated rings. The first-order valence-corrected chi connectivity index (χ1v) is 24.4. The van der Waals surface area contributed by atoms with Gasteiger partial charge in [-0.2, -0.15) is 0 Å². The molecule has 0 saturated heterocycles. The number of rotatable bonds is 43. The van der Waals surface area contributed by atoms with Crippen molar-refractivity contribution < 1.29 is 42.9 Å². The molecular weight excluding hydrogens is 791 g/mol. The van der Waals surface area contributed by atoms with E-state index in [2.05, 4.69) is 111 Å². The van der Waals surface area contributed by atoms with Crippen molar-refractivity contribution in [2.45, 2.75) is 180 Å². The summed E-state index contributed by atoms with van der Waals surface area (Å²) >= 11 is 0. The number of quaternary nitrogens is 1. The summed E-state index contributed by atoms with van der Waals surface area (Å²) in [6.07, 6.45) is 55.8. The zero-order valence-electron chi connectivity index (χ0n) is 40.4. The third-order valence-corrected chi connectivity index (χ3v) is 9.82. The molecule has 63 heavy (non-hydrogen) atoms. The molecule has 9 heteroatoms. The predicted octanol–water partition coefficient (Wildman–Crippen LogP) is 12.1. The van der Waals surface area contributed by atoms with Crippen LogP contribution >= 0.6 is 0 Å². The zero-order chi connectivity index (χ0) is 46.3. The van der Waals surface area contributed by atoms with E-state index in [1.54, 1.807) is 0 Å². The molecule has 2 atom stereocenters. The molecule has 0 aromatic carbocycles. The molecule has 2 unspecified atom stereocenters. The van der Waals surface area contributed by atoms with Gasteiger partial charge in [0.15, 0.2) is 12.4 Å². The number of esters is 2. The fourth-order valence-electron chi connectivity index (χ4n) is 6.04. The Kier molecular flexibility index (Phi) is 42.1. The highest BCUT2D eigenvalue weighted by Crippen LogP contribution is 2.12. The van der Waals surface area contributed by atoms with Crippen molar-refractivity contribution in [1.82, 2.24) is 0 Å². The first-order valence-electron chi connectivity index (χ1n) is 24.4. The van der Waals surface area contributed by atoms with Crippen LogP contribution in [0.1, 0.15) is 168 Å². The van der Waals surface area contributed by atoms with Gasteiger partial charge in [-0.05, 0) is 96.3 Å². The molecule has 0 aliphatic heterocycles. The fraction of sp³-hybridized carbons (Fsp3) is 0.648. The minimum atomic E-state index is -1.64. The molecule has 0 bridgehead atoms. The number of carbonyl (C=O) groups is 3. The maximum Gasteiger partial charge on any atom is 0.306 e. The van der Waals surface area contributed by atoms with Crippen LogP contribution in [0, 0.1) is 0 Å². The molecule has 0 rings (SSSR count). The Morgan fingerprint density at radius 2 is 0.905 bits per heavy atom. The summed E-state index contributed by atoms with van der Waals surface area (Å²) in [4.78, 5) is 37.1. The second-order valence-corrected chi connectivity index (χ2v) is 17.0. The first-order chi connectivity index (χ1) is 30.6. The number of carboxylic acid groups (broad SMARTS) is 1. The molecule has 0 heterocycles. The lowest BCUT2D eigenvalue weighted by atomic mass is 10.1. The van der Waals surface area contributed by atoms with Gasteiger partial charge in [0.1, 0.15) is 13.2 Å². The van der Waals surface area contributed by atoms with Crippen molar-refractivity contribution in [1.29, 1.82) is 0 Å². The molecule has 0 spiro atoms. The van der Waals surface area contributed by atoms with Crippen molar-refractivity contribution in [3.8, 4) is 0 Å². The number of allylic oxidation sites excluding steroid dienone is 16. The second-order valence-electron chi connectivity index (χ2n) is 17.0. The molecule has 0 N–H and O–H groups in total. The van der Waals surface area contributed by atoms with Crippen LogP contribution in [0.3, 0.4) is 0 Å². The number of hydrogen-bond acceptors (Lipinski definition) is 8. The molecule has 0 aliphatic carbocycles. The third-order valence-electron chi connectivity index (χ3n) is 9.82. The Morgan fingerprint density at radius 1 is 0.492 bits per heavy atom. The van der Waals surface area contributed by atoms with Gasteiger partial charge >= 0.3 is 11.9 Å². The average molecular weight is 880 g/mol. The van der Waals surface area contributed by atoms with E-state index in [0.29, 0.717) is 23.9 Å². The molecule has 0 saturated carbocycles. The molecule has 9 nitrogen and oxygen atoms in total. The molecular formula is C54H89NO8. The number of aliphatic carboxylic acids is 1. The standard InChI is InChI=1S/C54H89NO8/c1-6-8-10-12-14-16-18-20-22-23-24-25-26-27-28-29-31-33-35-37-39-41-43-45-52(57)63-50(49-62-54(53(58)59)60-47-46-55(3,4)5)48-61-51(56)44-42-40-38-36-34-32-30-21-19-17-15-13-11-9-7-2/h8,10,14-17,20-22,24-25,27-28,30-31,33,50,54H,6-7,9,11-13,18-19,23,26,29,32,34-49H2,1-5H3/b10-8-,16-14-,17-15-,22-20-,25-24-,28-27-,30-21-,33-31-. The summed E-state index contributed by atoms with van der Waals surface area (Å²) in [5.41, 5.74) is 0. The van der Waals surface area contributed by atoms with Crippen molar-refractivity contribution in [2.24, 2.45) is 0 Å². The monoisotopic (exact) mass is 880 g/mol. The van der Waals surface area contributed by atoms with Crippen LogP contribution in [-0.4, -0.2) is 82.3 Å². The van der Waals surface area contributed by atoms with Crippen LogP contribution in [-0.2, 0) is 33.3 Å². The van der Waals surface area contributed by atoms with Crippen LogP contribution in [0.2, 0.25) is 0 Å². The maximum atomic E-state index is 12.8. The van der Waals surface area contributed by atoms with E-state index in [1.165, 1.54) is 25.7 Å². The summed E-state index contributed by atoms with van der Waals surface area (Å²) in [7, 11) is 5.89. The van der Waals surface area contributed by atoms with E-state index in [0.717, 1.165) is 103 Å². The number of likely N-dealkylation sites (N-methyl/N-ethyl adjacent to an activating group) is 1. The Balaban J connectivity index is 4.48. The predicted molar refractivity (Wildman–Crippen MR) is 260 cm³/mol. The lowest BCUT2D eigenvalue weighted by Gasteiger charge is -2.26. The van der Waals surface area contributed by atoms with Crippen LogP contribution in [0.5, 0.6) is 0 Å². The number of nitrogens with zero attached hydrogens (tertiary/aromatic N) is 1. The lowest BCUT2D eigenvalue weighted by molar-refractivity contribution is -0.870. The molecule has 358 valence electrons. The quantitative estimate of drug-likeness (QED) is 0.0196. The van der Waals surface area contributed by atoms with Crippen molar-refractivity contribution >= 4 is 17.9 Å². The SMILES string of the molecule is CC/C=C\C/C=C\C/C=C\C/C=C\C/C=C\C/C=C\CCCCCCC(=O)OC(COC(=O)CCCCCCC/C=C\C/C=C\CCCCC)COC(OCC[N+](C)(C)C)C(=O)[O-]. The van der Waals surface area contributed by atoms with Gasteiger partial charge in [0.25, 0.3) is 0 Å². The van der Waals surface area contributed by atoms with Crippen LogP contribution in [0.4, 0.5) is 0 Å². The largest absolute Gasteiger partial charge is 0.545 e. The highest BCUT2D eigenvalue weighted by molar-refractivity contribution is 5.70. The van der Waals surface area contributed by atoms with Crippen LogP contribution < -0.4 is 5.11 Å². The van der Waals surface area contributed by atoms with Gasteiger partial charge in [0, 0.05) is 12.8 Å². The Bertz CT molecular complexity index is 1350. The average Bonchev–Trinajstić information content (AvgIpc) is 3.24.